The van der Waals surface area contributed by atoms with Crippen LogP contribution in [0.15, 0.2) is 6.33 Å². The molecule has 3 aliphatic rings. The average molecular weight is 567 g/mol. The molecule has 2 aliphatic carbocycles. The van der Waals surface area contributed by atoms with Gasteiger partial charge in [0.15, 0.2) is 0 Å². The van der Waals surface area contributed by atoms with Crippen LogP contribution in [0, 0.1) is 0 Å². The Labute approximate surface area is 228 Å². The first-order valence-corrected chi connectivity index (χ1v) is 16.1. The van der Waals surface area contributed by atoms with E-state index in [0.717, 1.165) is 73.7 Å². The van der Waals surface area contributed by atoms with Crippen LogP contribution >= 0.6 is 11.3 Å². The topological polar surface area (TPSA) is 111 Å². The molecular formula is C26H38N4O6S2. The van der Waals surface area contributed by atoms with Crippen LogP contribution in [0.2, 0.25) is 0 Å². The van der Waals surface area contributed by atoms with Gasteiger partial charge >= 0.3 is 6.09 Å². The Morgan fingerprint density at radius 3 is 2.45 bits per heavy atom. The average Bonchev–Trinajstić information content (AvgIpc) is 3.41. The number of nitrogens with zero attached hydrogens (tertiary/aromatic N) is 4. The van der Waals surface area contributed by atoms with Gasteiger partial charge in [-0.1, -0.05) is 0 Å². The number of aromatic nitrogens is 2. The van der Waals surface area contributed by atoms with Crippen molar-refractivity contribution >= 4 is 37.8 Å². The van der Waals surface area contributed by atoms with Gasteiger partial charge in [0.1, 0.15) is 22.9 Å². The Balaban J connectivity index is 1.18. The predicted molar refractivity (Wildman–Crippen MR) is 145 cm³/mol. The van der Waals surface area contributed by atoms with E-state index >= 15 is 0 Å². The minimum absolute atomic E-state index is 0.00286. The van der Waals surface area contributed by atoms with Crippen LogP contribution in [0.1, 0.15) is 69.2 Å². The van der Waals surface area contributed by atoms with Gasteiger partial charge in [0.2, 0.25) is 5.88 Å². The van der Waals surface area contributed by atoms with Gasteiger partial charge in [-0.15, -0.1) is 11.3 Å². The zero-order chi connectivity index (χ0) is 27.1. The third-order valence-electron chi connectivity index (χ3n) is 7.58. The monoisotopic (exact) mass is 566 g/mol. The summed E-state index contributed by atoms with van der Waals surface area (Å²) in [4.78, 5) is 27.8. The first kappa shape index (κ1) is 27.5. The Morgan fingerprint density at radius 1 is 1.08 bits per heavy atom. The maximum Gasteiger partial charge on any atom is 0.410 e. The predicted octanol–water partition coefficient (Wildman–Crippen LogP) is 3.94. The molecule has 10 nitrogen and oxygen atoms in total. The van der Waals surface area contributed by atoms with Crippen molar-refractivity contribution in [2.75, 3.05) is 39.0 Å². The second-order valence-corrected chi connectivity index (χ2v) is 14.3. The smallest absolute Gasteiger partial charge is 0.410 e. The quantitative estimate of drug-likeness (QED) is 0.480. The number of carbonyl (C=O) groups excluding carboxylic acids is 1. The second kappa shape index (κ2) is 10.9. The molecule has 2 aromatic heterocycles. The minimum Gasteiger partial charge on any atom is -0.474 e. The highest BCUT2D eigenvalue weighted by molar-refractivity contribution is 7.85. The van der Waals surface area contributed by atoms with Gasteiger partial charge in [-0.2, -0.15) is 8.42 Å². The van der Waals surface area contributed by atoms with Crippen molar-refractivity contribution in [1.29, 1.82) is 0 Å². The molecular weight excluding hydrogens is 528 g/mol. The van der Waals surface area contributed by atoms with Gasteiger partial charge in [0.25, 0.3) is 10.1 Å². The molecule has 0 radical (unpaired) electrons. The molecule has 1 amide bonds. The molecule has 210 valence electrons. The van der Waals surface area contributed by atoms with Crippen molar-refractivity contribution in [3.8, 4) is 5.88 Å². The third-order valence-corrected chi connectivity index (χ3v) is 9.32. The molecule has 5 rings (SSSR count). The number of carbonyl (C=O) groups is 1. The summed E-state index contributed by atoms with van der Waals surface area (Å²) >= 11 is 1.64. The van der Waals surface area contributed by atoms with Gasteiger partial charge in [-0.25, -0.2) is 14.8 Å². The van der Waals surface area contributed by atoms with Crippen LogP contribution in [0.5, 0.6) is 5.88 Å². The van der Waals surface area contributed by atoms with Crippen LogP contribution in [0.25, 0.3) is 10.2 Å². The molecule has 0 unspecified atom stereocenters. The summed E-state index contributed by atoms with van der Waals surface area (Å²) in [6.45, 7) is 8.93. The lowest BCUT2D eigenvalue weighted by Gasteiger charge is -2.42. The molecule has 12 heteroatoms. The fraction of sp³-hybridized carbons (Fsp3) is 0.731. The molecule has 2 fully saturated rings. The Bertz CT molecular complexity index is 1260. The number of rotatable bonds is 6. The zero-order valence-corrected chi connectivity index (χ0v) is 24.3. The largest absolute Gasteiger partial charge is 0.474 e. The highest BCUT2D eigenvalue weighted by Crippen LogP contribution is 2.46. The number of hydrogen-bond donors (Lipinski definition) is 0. The van der Waals surface area contributed by atoms with Crippen LogP contribution < -0.4 is 4.74 Å². The SMILES string of the molecule is CC(C)(C)OC(=O)N1CCN(C2CCC(Oc3ncnc4sc5c(c34)[C@@H](COS(C)(=O)=O)CC5)CC2)CC1. The number of piperazine rings is 1. The van der Waals surface area contributed by atoms with Crippen LogP contribution in [-0.4, -0.2) is 91.1 Å². The van der Waals surface area contributed by atoms with Gasteiger partial charge < -0.3 is 14.4 Å². The fourth-order valence-corrected chi connectivity index (χ4v) is 7.43. The Morgan fingerprint density at radius 2 is 1.79 bits per heavy atom. The summed E-state index contributed by atoms with van der Waals surface area (Å²) in [6, 6.07) is 0.490. The molecule has 1 saturated carbocycles. The van der Waals surface area contributed by atoms with E-state index in [0.29, 0.717) is 25.0 Å². The molecule has 0 bridgehead atoms. The van der Waals surface area contributed by atoms with Crippen molar-refractivity contribution in [2.45, 2.75) is 83.0 Å². The first-order chi connectivity index (χ1) is 18.0. The maximum absolute atomic E-state index is 12.4. The number of amides is 1. The summed E-state index contributed by atoms with van der Waals surface area (Å²) in [5, 5.41) is 0.924. The molecule has 1 saturated heterocycles. The summed E-state index contributed by atoms with van der Waals surface area (Å²) in [5.41, 5.74) is 0.622. The highest BCUT2D eigenvalue weighted by Gasteiger charge is 2.34. The van der Waals surface area contributed by atoms with E-state index < -0.39 is 15.7 Å². The first-order valence-electron chi connectivity index (χ1n) is 13.5. The lowest BCUT2D eigenvalue weighted by atomic mass is 9.91. The van der Waals surface area contributed by atoms with Gasteiger partial charge in [-0.3, -0.25) is 9.08 Å². The van der Waals surface area contributed by atoms with Crippen molar-refractivity contribution in [1.82, 2.24) is 19.8 Å². The van der Waals surface area contributed by atoms with Crippen molar-refractivity contribution in [3.05, 3.63) is 16.8 Å². The maximum atomic E-state index is 12.4. The van der Waals surface area contributed by atoms with E-state index in [-0.39, 0.29) is 24.7 Å². The molecule has 0 N–H and O–H groups in total. The molecule has 3 heterocycles. The lowest BCUT2D eigenvalue weighted by Crippen LogP contribution is -2.53. The Kier molecular flexibility index (Phi) is 7.87. The van der Waals surface area contributed by atoms with E-state index in [1.165, 1.54) is 4.88 Å². The van der Waals surface area contributed by atoms with Gasteiger partial charge in [0, 0.05) is 43.0 Å². The molecule has 1 atom stereocenters. The number of aryl methyl sites for hydroxylation is 1. The van der Waals surface area contributed by atoms with E-state index in [4.69, 9.17) is 13.7 Å². The normalized spacial score (nSPS) is 24.9. The van der Waals surface area contributed by atoms with E-state index in [9.17, 15) is 13.2 Å². The lowest BCUT2D eigenvalue weighted by molar-refractivity contribution is 0.00508. The summed E-state index contributed by atoms with van der Waals surface area (Å²) in [5.74, 6) is 0.602. The summed E-state index contributed by atoms with van der Waals surface area (Å²) in [7, 11) is -3.50. The zero-order valence-electron chi connectivity index (χ0n) is 22.6. The van der Waals surface area contributed by atoms with Crippen molar-refractivity contribution in [3.63, 3.8) is 0 Å². The van der Waals surface area contributed by atoms with Crippen LogP contribution in [0.3, 0.4) is 0 Å². The summed E-state index contributed by atoms with van der Waals surface area (Å²) in [6.07, 6.45) is 8.20. The number of ether oxygens (including phenoxy) is 2. The van der Waals surface area contributed by atoms with Crippen molar-refractivity contribution < 1.29 is 26.9 Å². The van der Waals surface area contributed by atoms with Gasteiger partial charge in [-0.05, 0) is 64.9 Å². The van der Waals surface area contributed by atoms with Crippen LogP contribution in [-0.2, 0) is 25.5 Å². The minimum atomic E-state index is -3.50. The molecule has 2 aromatic rings. The number of fused-ring (bicyclic) bond motifs is 3. The van der Waals surface area contributed by atoms with E-state index in [1.807, 2.05) is 25.7 Å². The Hall–Kier alpha value is -2.02. The van der Waals surface area contributed by atoms with Gasteiger partial charge in [0.05, 0.1) is 18.2 Å². The second-order valence-electron chi connectivity index (χ2n) is 11.6. The number of thiophene rings is 1. The van der Waals surface area contributed by atoms with Crippen LogP contribution in [0.4, 0.5) is 4.79 Å². The third kappa shape index (κ3) is 6.40. The fourth-order valence-electron chi connectivity index (χ4n) is 5.78. The standard InChI is InChI=1S/C26H38N4O6S2/c1-26(2,3)36-25(31)30-13-11-29(12-14-30)18-6-8-19(9-7-18)35-23-22-21-17(15-34-38(4,32)33)5-10-20(21)37-24(22)28-16-27-23/h16-19H,5-15H2,1-4H3/t17-,18?,19?/m1/s1. The van der Waals surface area contributed by atoms with E-state index in [2.05, 4.69) is 14.9 Å². The molecule has 0 spiro atoms. The molecule has 38 heavy (non-hydrogen) atoms. The molecule has 1 aliphatic heterocycles. The summed E-state index contributed by atoms with van der Waals surface area (Å²) < 4.78 is 40.3. The molecule has 0 aromatic carbocycles. The highest BCUT2D eigenvalue weighted by atomic mass is 32.2. The van der Waals surface area contributed by atoms with Crippen molar-refractivity contribution in [2.24, 2.45) is 0 Å². The number of hydrogen-bond acceptors (Lipinski definition) is 10. The van der Waals surface area contributed by atoms with E-state index in [1.54, 1.807) is 17.7 Å².